The average molecular weight is 449 g/mol. The number of benzene rings is 2. The highest BCUT2D eigenvalue weighted by atomic mass is 79.9. The second kappa shape index (κ2) is 8.73. The van der Waals surface area contributed by atoms with Gasteiger partial charge in [-0.25, -0.2) is 0 Å². The van der Waals surface area contributed by atoms with Gasteiger partial charge in [-0.05, 0) is 47.1 Å². The van der Waals surface area contributed by atoms with E-state index in [0.29, 0.717) is 28.1 Å². The quantitative estimate of drug-likeness (QED) is 0.671. The molecule has 1 amide bonds. The summed E-state index contributed by atoms with van der Waals surface area (Å²) < 4.78 is 17.5. The minimum Gasteiger partial charge on any atom is -0.495 e. The number of fused-ring (bicyclic) bond motifs is 1. The van der Waals surface area contributed by atoms with E-state index in [2.05, 4.69) is 33.8 Å². The van der Waals surface area contributed by atoms with Crippen molar-refractivity contribution in [2.24, 2.45) is 0 Å². The Balaban J connectivity index is 1.76. The Hall–Kier alpha value is -2.41. The Morgan fingerprint density at radius 2 is 1.89 bits per heavy atom. The van der Waals surface area contributed by atoms with Crippen molar-refractivity contribution < 1.29 is 19.0 Å². The molecule has 0 spiro atoms. The third-order valence-corrected chi connectivity index (χ3v) is 5.60. The van der Waals surface area contributed by atoms with Gasteiger partial charge in [-0.15, -0.1) is 0 Å². The van der Waals surface area contributed by atoms with E-state index in [1.54, 1.807) is 38.3 Å². The molecule has 0 aromatic heterocycles. The summed E-state index contributed by atoms with van der Waals surface area (Å²) in [6.45, 7) is 4.21. The molecular weight excluding hydrogens is 424 g/mol. The van der Waals surface area contributed by atoms with E-state index in [9.17, 15) is 4.79 Å². The number of rotatable bonds is 6. The third-order valence-electron chi connectivity index (χ3n) is 4.82. The molecule has 3 rings (SSSR count). The Morgan fingerprint density at radius 1 is 1.25 bits per heavy atom. The van der Waals surface area contributed by atoms with Gasteiger partial charge in [-0.2, -0.15) is 0 Å². The number of likely N-dealkylation sites (N-methyl/N-ethyl adjacent to an activating group) is 2. The number of halogens is 1. The maximum Gasteiger partial charge on any atom is 0.254 e. The van der Waals surface area contributed by atoms with Crippen LogP contribution >= 0.6 is 15.9 Å². The molecule has 0 N–H and O–H groups in total. The van der Waals surface area contributed by atoms with Gasteiger partial charge >= 0.3 is 0 Å². The van der Waals surface area contributed by atoms with Crippen molar-refractivity contribution in [3.05, 3.63) is 46.4 Å². The van der Waals surface area contributed by atoms with Crippen LogP contribution in [0.5, 0.6) is 17.2 Å². The summed E-state index contributed by atoms with van der Waals surface area (Å²) in [5.74, 6) is 1.84. The normalized spacial score (nSPS) is 15.5. The molecule has 0 bridgehead atoms. The van der Waals surface area contributed by atoms with Crippen molar-refractivity contribution in [1.82, 2.24) is 4.90 Å². The van der Waals surface area contributed by atoms with E-state index >= 15 is 0 Å². The van der Waals surface area contributed by atoms with Crippen molar-refractivity contribution in [1.29, 1.82) is 0 Å². The zero-order chi connectivity index (χ0) is 20.3. The molecular formula is C21H25BrN2O4. The highest BCUT2D eigenvalue weighted by Crippen LogP contribution is 2.36. The number of methoxy groups -OCH3 is 2. The third kappa shape index (κ3) is 4.04. The lowest BCUT2D eigenvalue weighted by atomic mass is 10.1. The SMILES string of the molecule is CCN1C[C@H](CN(C)C(=O)c2cc(OC)c(Br)c(OC)c2)Oc2ccccc21. The van der Waals surface area contributed by atoms with E-state index in [0.717, 1.165) is 24.5 Å². The molecule has 2 aromatic rings. The van der Waals surface area contributed by atoms with Crippen LogP contribution in [0.2, 0.25) is 0 Å². The van der Waals surface area contributed by atoms with E-state index in [1.807, 2.05) is 18.2 Å². The van der Waals surface area contributed by atoms with Gasteiger partial charge in [0.15, 0.2) is 0 Å². The van der Waals surface area contributed by atoms with Gasteiger partial charge in [0, 0.05) is 19.2 Å². The Labute approximate surface area is 174 Å². The molecule has 0 radical (unpaired) electrons. The summed E-state index contributed by atoms with van der Waals surface area (Å²) in [5.41, 5.74) is 1.60. The Bertz CT molecular complexity index is 833. The predicted octanol–water partition coefficient (Wildman–Crippen LogP) is 3.83. The predicted molar refractivity (Wildman–Crippen MR) is 113 cm³/mol. The number of carbonyl (C=O) groups is 1. The summed E-state index contributed by atoms with van der Waals surface area (Å²) in [6.07, 6.45) is -0.108. The number of carbonyl (C=O) groups excluding carboxylic acids is 1. The van der Waals surface area contributed by atoms with Crippen molar-refractivity contribution in [2.45, 2.75) is 13.0 Å². The second-order valence-corrected chi connectivity index (χ2v) is 7.42. The first-order chi connectivity index (χ1) is 13.5. The minimum absolute atomic E-state index is 0.108. The molecule has 28 heavy (non-hydrogen) atoms. The fourth-order valence-corrected chi connectivity index (χ4v) is 3.93. The van der Waals surface area contributed by atoms with Crippen LogP contribution in [0.4, 0.5) is 5.69 Å². The largest absolute Gasteiger partial charge is 0.495 e. The van der Waals surface area contributed by atoms with Crippen LogP contribution < -0.4 is 19.1 Å². The van der Waals surface area contributed by atoms with Crippen LogP contribution in [0.25, 0.3) is 0 Å². The highest BCUT2D eigenvalue weighted by Gasteiger charge is 2.27. The second-order valence-electron chi connectivity index (χ2n) is 6.63. The van der Waals surface area contributed by atoms with Gasteiger partial charge in [0.05, 0.1) is 33.0 Å². The smallest absolute Gasteiger partial charge is 0.254 e. The molecule has 1 aliphatic rings. The molecule has 0 saturated carbocycles. The number of anilines is 1. The molecule has 0 saturated heterocycles. The van der Waals surface area contributed by atoms with Crippen LogP contribution in [-0.2, 0) is 0 Å². The molecule has 1 atom stereocenters. The molecule has 150 valence electrons. The molecule has 7 heteroatoms. The number of para-hydroxylation sites is 2. The zero-order valence-corrected chi connectivity index (χ0v) is 18.2. The molecule has 0 aliphatic carbocycles. The number of hydrogen-bond acceptors (Lipinski definition) is 5. The summed E-state index contributed by atoms with van der Waals surface area (Å²) in [4.78, 5) is 16.9. The maximum absolute atomic E-state index is 13.0. The van der Waals surface area contributed by atoms with Crippen LogP contribution in [-0.4, -0.2) is 57.8 Å². The molecule has 6 nitrogen and oxygen atoms in total. The van der Waals surface area contributed by atoms with Crippen molar-refractivity contribution in [3.63, 3.8) is 0 Å². The van der Waals surface area contributed by atoms with Crippen molar-refractivity contribution >= 4 is 27.5 Å². The van der Waals surface area contributed by atoms with Crippen LogP contribution in [0.15, 0.2) is 40.9 Å². The minimum atomic E-state index is -0.116. The first kappa shape index (κ1) is 20.3. The first-order valence-corrected chi connectivity index (χ1v) is 9.95. The lowest BCUT2D eigenvalue weighted by molar-refractivity contribution is 0.0709. The summed E-state index contributed by atoms with van der Waals surface area (Å²) in [7, 11) is 4.90. The maximum atomic E-state index is 13.0. The number of nitrogens with zero attached hydrogens (tertiary/aromatic N) is 2. The molecule has 1 aliphatic heterocycles. The fourth-order valence-electron chi connectivity index (χ4n) is 3.38. The van der Waals surface area contributed by atoms with Crippen molar-refractivity contribution in [2.75, 3.05) is 45.8 Å². The van der Waals surface area contributed by atoms with E-state index in [-0.39, 0.29) is 12.0 Å². The molecule has 1 heterocycles. The van der Waals surface area contributed by atoms with E-state index in [1.165, 1.54) is 0 Å². The van der Waals surface area contributed by atoms with Crippen LogP contribution in [0.1, 0.15) is 17.3 Å². The number of amides is 1. The zero-order valence-electron chi connectivity index (χ0n) is 16.6. The van der Waals surface area contributed by atoms with E-state index in [4.69, 9.17) is 14.2 Å². The standard InChI is InChI=1S/C21H25BrN2O4/c1-5-24-13-15(28-17-9-7-6-8-16(17)24)12-23(2)21(25)14-10-18(26-3)20(22)19(11-14)27-4/h6-11,15H,5,12-13H2,1-4H3/t15-/m0/s1. The van der Waals surface area contributed by atoms with Gasteiger partial charge in [0.1, 0.15) is 27.8 Å². The topological polar surface area (TPSA) is 51.2 Å². The number of ether oxygens (including phenoxy) is 3. The van der Waals surface area contributed by atoms with Crippen LogP contribution in [0.3, 0.4) is 0 Å². The number of hydrogen-bond donors (Lipinski definition) is 0. The lowest BCUT2D eigenvalue weighted by Gasteiger charge is -2.37. The monoisotopic (exact) mass is 448 g/mol. The molecule has 0 fully saturated rings. The van der Waals surface area contributed by atoms with Gasteiger partial charge in [-0.3, -0.25) is 4.79 Å². The summed E-state index contributed by atoms with van der Waals surface area (Å²) >= 11 is 3.43. The average Bonchev–Trinajstić information content (AvgIpc) is 2.72. The summed E-state index contributed by atoms with van der Waals surface area (Å²) in [5, 5.41) is 0. The first-order valence-electron chi connectivity index (χ1n) is 9.16. The van der Waals surface area contributed by atoms with E-state index < -0.39 is 0 Å². The summed E-state index contributed by atoms with van der Waals surface area (Å²) in [6, 6.07) is 11.4. The molecule has 0 unspecified atom stereocenters. The van der Waals surface area contributed by atoms with Gasteiger partial charge in [0.25, 0.3) is 5.91 Å². The van der Waals surface area contributed by atoms with Gasteiger partial charge in [-0.1, -0.05) is 12.1 Å². The Morgan fingerprint density at radius 3 is 2.50 bits per heavy atom. The van der Waals surface area contributed by atoms with Crippen molar-refractivity contribution in [3.8, 4) is 17.2 Å². The highest BCUT2D eigenvalue weighted by molar-refractivity contribution is 9.10. The fraction of sp³-hybridized carbons (Fsp3) is 0.381. The van der Waals surface area contributed by atoms with Crippen LogP contribution in [0, 0.1) is 0 Å². The lowest BCUT2D eigenvalue weighted by Crippen LogP contribution is -2.46. The van der Waals surface area contributed by atoms with Gasteiger partial charge in [0.2, 0.25) is 0 Å². The molecule has 2 aromatic carbocycles. The Kier molecular flexibility index (Phi) is 6.34. The van der Waals surface area contributed by atoms with Gasteiger partial charge < -0.3 is 24.0 Å².